The Bertz CT molecular complexity index is 1070. The predicted molar refractivity (Wildman–Crippen MR) is 119 cm³/mol. The van der Waals surface area contributed by atoms with E-state index in [9.17, 15) is 9.90 Å². The number of hydrazone groups is 1. The number of hydrogen-bond acceptors (Lipinski definition) is 3. The summed E-state index contributed by atoms with van der Waals surface area (Å²) in [5.41, 5.74) is 6.71. The average Bonchev–Trinajstić information content (AvgIpc) is 2.92. The van der Waals surface area contributed by atoms with Crippen LogP contribution in [0.4, 0.5) is 0 Å². The van der Waals surface area contributed by atoms with E-state index >= 15 is 0 Å². The zero-order valence-corrected chi connectivity index (χ0v) is 18.9. The van der Waals surface area contributed by atoms with Gasteiger partial charge in [0.25, 0.3) is 5.91 Å². The van der Waals surface area contributed by atoms with Gasteiger partial charge in [-0.15, -0.1) is 0 Å². The Kier molecular flexibility index (Phi) is 6.27. The van der Waals surface area contributed by atoms with Crippen molar-refractivity contribution in [2.45, 2.75) is 13.8 Å². The smallest absolute Gasteiger partial charge is 0.271 e. The maximum atomic E-state index is 12.3. The summed E-state index contributed by atoms with van der Waals surface area (Å²) in [6, 6.07) is 12.6. The molecule has 3 rings (SSSR count). The van der Waals surface area contributed by atoms with Crippen molar-refractivity contribution in [1.29, 1.82) is 0 Å². The van der Waals surface area contributed by atoms with Gasteiger partial charge in [-0.05, 0) is 82.1 Å². The highest BCUT2D eigenvalue weighted by atomic mass is 79.9. The first-order valence-corrected chi connectivity index (χ1v) is 10.2. The number of nitrogens with zero attached hydrogens (tertiary/aromatic N) is 2. The molecule has 0 saturated carbocycles. The molecule has 2 aromatic carbocycles. The van der Waals surface area contributed by atoms with Crippen LogP contribution in [-0.4, -0.2) is 21.8 Å². The summed E-state index contributed by atoms with van der Waals surface area (Å²) in [5, 5.41) is 14.5. The van der Waals surface area contributed by atoms with Crippen LogP contribution in [0.1, 0.15) is 27.3 Å². The highest BCUT2D eigenvalue weighted by Gasteiger charge is 2.12. The summed E-state index contributed by atoms with van der Waals surface area (Å²) < 4.78 is 2.91. The minimum absolute atomic E-state index is 0.0357. The highest BCUT2D eigenvalue weighted by Crippen LogP contribution is 2.33. The van der Waals surface area contributed by atoms with E-state index in [0.717, 1.165) is 22.6 Å². The summed E-state index contributed by atoms with van der Waals surface area (Å²) in [6.07, 6.45) is 1.60. The molecular formula is C20H16Br2ClN3O2. The number of amides is 1. The van der Waals surface area contributed by atoms with Crippen molar-refractivity contribution < 1.29 is 9.90 Å². The van der Waals surface area contributed by atoms with Gasteiger partial charge in [-0.3, -0.25) is 4.79 Å². The number of carbonyl (C=O) groups is 1. The molecule has 0 atom stereocenters. The molecule has 0 spiro atoms. The molecule has 0 aliphatic carbocycles. The van der Waals surface area contributed by atoms with Crippen molar-refractivity contribution in [1.82, 2.24) is 9.99 Å². The van der Waals surface area contributed by atoms with Gasteiger partial charge < -0.3 is 9.67 Å². The number of phenolic OH excluding ortho intramolecular Hbond substituents is 1. The maximum absolute atomic E-state index is 12.3. The number of hydrogen-bond donors (Lipinski definition) is 2. The maximum Gasteiger partial charge on any atom is 0.271 e. The topological polar surface area (TPSA) is 66.6 Å². The number of carbonyl (C=O) groups excluding carboxylic acids is 1. The van der Waals surface area contributed by atoms with Gasteiger partial charge in [0.15, 0.2) is 0 Å². The van der Waals surface area contributed by atoms with E-state index in [4.69, 9.17) is 11.6 Å². The molecule has 144 valence electrons. The van der Waals surface area contributed by atoms with Crippen molar-refractivity contribution in [2.24, 2.45) is 5.10 Å². The molecule has 0 saturated heterocycles. The number of nitrogens with one attached hydrogen (secondary N) is 1. The third-order valence-electron chi connectivity index (χ3n) is 4.19. The lowest BCUT2D eigenvalue weighted by molar-refractivity contribution is 0.0955. The van der Waals surface area contributed by atoms with E-state index < -0.39 is 0 Å². The normalized spacial score (nSPS) is 11.2. The van der Waals surface area contributed by atoms with E-state index in [1.807, 2.05) is 44.2 Å². The zero-order valence-electron chi connectivity index (χ0n) is 15.0. The summed E-state index contributed by atoms with van der Waals surface area (Å²) in [6.45, 7) is 3.97. The fourth-order valence-electron chi connectivity index (χ4n) is 2.85. The van der Waals surface area contributed by atoms with Crippen LogP contribution in [0.2, 0.25) is 5.02 Å². The molecule has 5 nitrogen and oxygen atoms in total. The molecule has 28 heavy (non-hydrogen) atoms. The van der Waals surface area contributed by atoms with E-state index in [1.54, 1.807) is 6.21 Å². The Hall–Kier alpha value is -2.09. The Morgan fingerprint density at radius 3 is 2.50 bits per heavy atom. The zero-order chi connectivity index (χ0) is 20.4. The van der Waals surface area contributed by atoms with Crippen molar-refractivity contribution in [3.63, 3.8) is 0 Å². The molecule has 0 aliphatic rings. The molecule has 0 unspecified atom stereocenters. The van der Waals surface area contributed by atoms with Crippen molar-refractivity contribution in [2.75, 3.05) is 0 Å². The van der Waals surface area contributed by atoms with Crippen molar-refractivity contribution in [3.05, 3.63) is 78.9 Å². The monoisotopic (exact) mass is 523 g/mol. The van der Waals surface area contributed by atoms with Crippen LogP contribution in [0.5, 0.6) is 5.75 Å². The van der Waals surface area contributed by atoms with Gasteiger partial charge in [0, 0.05) is 33.2 Å². The van der Waals surface area contributed by atoms with Crippen LogP contribution < -0.4 is 5.43 Å². The minimum atomic E-state index is -0.388. The summed E-state index contributed by atoms with van der Waals surface area (Å²) in [7, 11) is 0. The lowest BCUT2D eigenvalue weighted by atomic mass is 10.2. The lowest BCUT2D eigenvalue weighted by Gasteiger charge is -2.09. The number of benzene rings is 2. The van der Waals surface area contributed by atoms with Crippen LogP contribution in [0, 0.1) is 13.8 Å². The van der Waals surface area contributed by atoms with Gasteiger partial charge in [0.1, 0.15) is 5.75 Å². The van der Waals surface area contributed by atoms with Crippen LogP contribution in [0.15, 0.2) is 56.5 Å². The predicted octanol–water partition coefficient (Wildman–Crippen LogP) is 5.74. The SMILES string of the molecule is Cc1cc(/C=N\NC(=O)c2cc(Br)c(O)c(Br)c2)c(C)n1-c1cccc(Cl)c1. The molecular weight excluding hydrogens is 510 g/mol. The summed E-state index contributed by atoms with van der Waals surface area (Å²) >= 11 is 12.5. The average molecular weight is 526 g/mol. The first-order chi connectivity index (χ1) is 13.3. The second-order valence-electron chi connectivity index (χ2n) is 6.13. The van der Waals surface area contributed by atoms with Crippen molar-refractivity contribution >= 4 is 55.6 Å². The fraction of sp³-hybridized carbons (Fsp3) is 0.100. The molecule has 2 N–H and O–H groups in total. The van der Waals surface area contributed by atoms with Gasteiger partial charge in [0.05, 0.1) is 15.2 Å². The Morgan fingerprint density at radius 1 is 1.18 bits per heavy atom. The van der Waals surface area contributed by atoms with Gasteiger partial charge in [-0.1, -0.05) is 17.7 Å². The number of rotatable bonds is 4. The molecule has 3 aromatic rings. The molecule has 1 amide bonds. The first-order valence-electron chi connectivity index (χ1n) is 8.24. The lowest BCUT2D eigenvalue weighted by Crippen LogP contribution is -2.17. The molecule has 0 aliphatic heterocycles. The van der Waals surface area contributed by atoms with Crippen LogP contribution in [-0.2, 0) is 0 Å². The molecule has 0 radical (unpaired) electrons. The van der Waals surface area contributed by atoms with E-state index in [2.05, 4.69) is 47.0 Å². The standard InChI is InChI=1S/C20H16Br2ClN3O2/c1-11-6-14(12(2)26(11)16-5-3-4-15(23)9-16)10-24-25-20(28)13-7-17(21)19(27)18(22)8-13/h3-10,27H,1-2H3,(H,25,28)/b24-10-. The third-order valence-corrected chi connectivity index (χ3v) is 5.63. The van der Waals surface area contributed by atoms with Crippen LogP contribution in [0.3, 0.4) is 0 Å². The number of phenols is 1. The first kappa shape index (κ1) is 20.6. The largest absolute Gasteiger partial charge is 0.506 e. The fourth-order valence-corrected chi connectivity index (χ4v) is 4.22. The minimum Gasteiger partial charge on any atom is -0.506 e. The second kappa shape index (κ2) is 8.51. The van der Waals surface area contributed by atoms with Gasteiger partial charge in [0.2, 0.25) is 0 Å². The van der Waals surface area contributed by atoms with E-state index in [-0.39, 0.29) is 11.7 Å². The van der Waals surface area contributed by atoms with E-state index in [1.165, 1.54) is 12.1 Å². The van der Waals surface area contributed by atoms with Gasteiger partial charge in [-0.2, -0.15) is 5.10 Å². The molecule has 1 heterocycles. The van der Waals surface area contributed by atoms with Crippen molar-refractivity contribution in [3.8, 4) is 11.4 Å². The van der Waals surface area contributed by atoms with Gasteiger partial charge in [-0.25, -0.2) is 5.43 Å². The number of aryl methyl sites for hydroxylation is 1. The summed E-state index contributed by atoms with van der Waals surface area (Å²) in [5.74, 6) is -0.352. The molecule has 0 fully saturated rings. The number of aromatic nitrogens is 1. The third kappa shape index (κ3) is 4.32. The van der Waals surface area contributed by atoms with Crippen LogP contribution >= 0.6 is 43.5 Å². The Labute approximate surface area is 184 Å². The Balaban J connectivity index is 1.80. The van der Waals surface area contributed by atoms with E-state index in [0.29, 0.717) is 19.5 Å². The molecule has 8 heteroatoms. The molecule has 0 bridgehead atoms. The number of aromatic hydroxyl groups is 1. The van der Waals surface area contributed by atoms with Crippen LogP contribution in [0.25, 0.3) is 5.69 Å². The molecule has 1 aromatic heterocycles. The summed E-state index contributed by atoms with van der Waals surface area (Å²) in [4.78, 5) is 12.3. The highest BCUT2D eigenvalue weighted by molar-refractivity contribution is 9.11. The van der Waals surface area contributed by atoms with Gasteiger partial charge >= 0.3 is 0 Å². The Morgan fingerprint density at radius 2 is 1.86 bits per heavy atom. The quantitative estimate of drug-likeness (QED) is 0.337. The second-order valence-corrected chi connectivity index (χ2v) is 8.27. The number of halogens is 3.